The average molecular weight is 451 g/mol. The molecule has 33 heavy (non-hydrogen) atoms. The predicted octanol–water partition coefficient (Wildman–Crippen LogP) is 2.81. The zero-order valence-electron chi connectivity index (χ0n) is 19.2. The Balaban J connectivity index is 1.68. The van der Waals surface area contributed by atoms with E-state index in [1.165, 1.54) is 0 Å². The molecule has 7 heteroatoms. The topological polar surface area (TPSA) is 96.9 Å². The van der Waals surface area contributed by atoms with E-state index >= 15 is 0 Å². The van der Waals surface area contributed by atoms with Crippen LogP contribution in [0.25, 0.3) is 0 Å². The van der Waals surface area contributed by atoms with E-state index in [4.69, 9.17) is 9.47 Å². The molecule has 2 aromatic carbocycles. The number of nitrogens with one attached hydrogen (secondary N) is 2. The number of rotatable bonds is 5. The van der Waals surface area contributed by atoms with Gasteiger partial charge in [0.2, 0.25) is 0 Å². The molecule has 1 aliphatic carbocycles. The Morgan fingerprint density at radius 3 is 1.85 bits per heavy atom. The lowest BCUT2D eigenvalue weighted by atomic mass is 9.79. The number of carbonyl (C=O) groups is 2. The van der Waals surface area contributed by atoms with E-state index in [-0.39, 0.29) is 11.8 Å². The molecule has 2 amide bonds. The minimum absolute atomic E-state index is 0.259. The van der Waals surface area contributed by atoms with E-state index < -0.39 is 35.7 Å². The van der Waals surface area contributed by atoms with E-state index in [2.05, 4.69) is 10.6 Å². The Morgan fingerprint density at radius 2 is 1.33 bits per heavy atom. The molecule has 1 heterocycles. The van der Waals surface area contributed by atoms with Gasteiger partial charge in [-0.05, 0) is 57.5 Å². The van der Waals surface area contributed by atoms with Gasteiger partial charge < -0.3 is 25.2 Å². The quantitative estimate of drug-likeness (QED) is 0.609. The second-order valence-electron chi connectivity index (χ2n) is 9.43. The van der Waals surface area contributed by atoms with Gasteiger partial charge in [-0.15, -0.1) is 0 Å². The molecule has 7 nitrogen and oxygen atoms in total. The van der Waals surface area contributed by atoms with Crippen LogP contribution >= 0.6 is 0 Å². The van der Waals surface area contributed by atoms with Crippen LogP contribution in [-0.2, 0) is 9.47 Å². The predicted molar refractivity (Wildman–Crippen MR) is 124 cm³/mol. The van der Waals surface area contributed by atoms with Gasteiger partial charge in [0, 0.05) is 11.1 Å². The van der Waals surface area contributed by atoms with Crippen molar-refractivity contribution in [3.63, 3.8) is 0 Å². The maximum atomic E-state index is 13.0. The number of aliphatic hydroxyl groups is 1. The fourth-order valence-electron chi connectivity index (χ4n) is 4.43. The van der Waals surface area contributed by atoms with Crippen molar-refractivity contribution in [3.05, 3.63) is 83.4 Å². The van der Waals surface area contributed by atoms with Crippen LogP contribution in [0.1, 0.15) is 48.4 Å². The van der Waals surface area contributed by atoms with Crippen molar-refractivity contribution < 1.29 is 24.2 Å². The van der Waals surface area contributed by atoms with Crippen LogP contribution in [-0.4, -0.2) is 52.6 Å². The number of ether oxygens (including phenoxy) is 2. The first-order chi connectivity index (χ1) is 15.5. The minimum atomic E-state index is -1.27. The Kier molecular flexibility index (Phi) is 6.14. The number of hydrogen-bond acceptors (Lipinski definition) is 5. The Bertz CT molecular complexity index is 1040. The van der Waals surface area contributed by atoms with Gasteiger partial charge >= 0.3 is 0 Å². The first-order valence-corrected chi connectivity index (χ1v) is 11.1. The Morgan fingerprint density at radius 1 is 0.848 bits per heavy atom. The summed E-state index contributed by atoms with van der Waals surface area (Å²) in [6.07, 6.45) is 0.614. The van der Waals surface area contributed by atoms with Crippen molar-refractivity contribution in [2.45, 2.75) is 63.4 Å². The van der Waals surface area contributed by atoms with Crippen molar-refractivity contribution in [1.29, 1.82) is 0 Å². The smallest absolute Gasteiger partial charge is 0.251 e. The zero-order valence-corrected chi connectivity index (χ0v) is 19.2. The molecule has 0 unspecified atom stereocenters. The van der Waals surface area contributed by atoms with E-state index in [0.29, 0.717) is 16.7 Å². The first-order valence-electron chi connectivity index (χ1n) is 11.1. The second-order valence-corrected chi connectivity index (χ2v) is 9.43. The van der Waals surface area contributed by atoms with E-state index in [1.54, 1.807) is 82.3 Å². The van der Waals surface area contributed by atoms with Crippen LogP contribution in [0.3, 0.4) is 0 Å². The summed E-state index contributed by atoms with van der Waals surface area (Å²) in [4.78, 5) is 25.9. The molecular weight excluding hydrogens is 420 g/mol. The van der Waals surface area contributed by atoms with Crippen LogP contribution in [0.15, 0.2) is 72.3 Å². The molecule has 4 atom stereocenters. The summed E-state index contributed by atoms with van der Waals surface area (Å²) in [5.41, 5.74) is 0.297. The van der Waals surface area contributed by atoms with Crippen LogP contribution in [0.2, 0.25) is 0 Å². The minimum Gasteiger partial charge on any atom is -0.386 e. The SMILES string of the molecule is CC1(C)O[C@@H]2[C@H](O1)[C@@H](NC(=O)c1ccccc1)C(C(C)(C)O)=C[C@H]2NC(=O)c1ccccc1. The summed E-state index contributed by atoms with van der Waals surface area (Å²) in [5, 5.41) is 17.0. The van der Waals surface area contributed by atoms with Crippen LogP contribution in [0, 0.1) is 0 Å². The van der Waals surface area contributed by atoms with Gasteiger partial charge in [-0.3, -0.25) is 9.59 Å². The van der Waals surface area contributed by atoms with E-state index in [9.17, 15) is 14.7 Å². The van der Waals surface area contributed by atoms with Gasteiger partial charge in [-0.1, -0.05) is 42.5 Å². The van der Waals surface area contributed by atoms with Crippen LogP contribution in [0.4, 0.5) is 0 Å². The zero-order chi connectivity index (χ0) is 23.8. The molecule has 2 aromatic rings. The molecule has 0 bridgehead atoms. The molecule has 1 aliphatic heterocycles. The molecule has 0 aromatic heterocycles. The average Bonchev–Trinajstić information content (AvgIpc) is 3.11. The number of fused-ring (bicyclic) bond motifs is 1. The normalized spacial score (nSPS) is 26.2. The highest BCUT2D eigenvalue weighted by Gasteiger charge is 2.54. The highest BCUT2D eigenvalue weighted by atomic mass is 16.8. The fourth-order valence-corrected chi connectivity index (χ4v) is 4.43. The van der Waals surface area contributed by atoms with Crippen molar-refractivity contribution in [2.75, 3.05) is 0 Å². The summed E-state index contributed by atoms with van der Waals surface area (Å²) >= 11 is 0. The van der Waals surface area contributed by atoms with Crippen molar-refractivity contribution in [1.82, 2.24) is 10.6 Å². The number of carbonyl (C=O) groups excluding carboxylic acids is 2. The van der Waals surface area contributed by atoms with Crippen LogP contribution in [0.5, 0.6) is 0 Å². The van der Waals surface area contributed by atoms with Crippen LogP contribution < -0.4 is 10.6 Å². The molecule has 1 fully saturated rings. The third kappa shape index (κ3) is 5.00. The van der Waals surface area contributed by atoms with Gasteiger partial charge in [0.05, 0.1) is 17.7 Å². The third-order valence-corrected chi connectivity index (χ3v) is 5.90. The summed E-state index contributed by atoms with van der Waals surface area (Å²) in [5.74, 6) is -1.47. The molecule has 1 saturated heterocycles. The lowest BCUT2D eigenvalue weighted by Gasteiger charge is -2.41. The summed E-state index contributed by atoms with van der Waals surface area (Å²) in [7, 11) is 0. The number of benzene rings is 2. The highest BCUT2D eigenvalue weighted by molar-refractivity contribution is 5.95. The fraction of sp³-hybridized carbons (Fsp3) is 0.385. The summed E-state index contributed by atoms with van der Waals surface area (Å²) in [6.45, 7) is 6.89. The van der Waals surface area contributed by atoms with Crippen molar-refractivity contribution >= 4 is 11.8 Å². The molecule has 0 radical (unpaired) electrons. The van der Waals surface area contributed by atoms with Gasteiger partial charge in [0.25, 0.3) is 11.8 Å². The second kappa shape index (κ2) is 8.74. The lowest BCUT2D eigenvalue weighted by Crippen LogP contribution is -2.60. The number of hydrogen-bond donors (Lipinski definition) is 3. The molecule has 0 saturated carbocycles. The van der Waals surface area contributed by atoms with Crippen molar-refractivity contribution in [3.8, 4) is 0 Å². The van der Waals surface area contributed by atoms with E-state index in [0.717, 1.165) is 0 Å². The molecule has 4 rings (SSSR count). The molecule has 0 spiro atoms. The Hall–Kier alpha value is -3.00. The maximum Gasteiger partial charge on any atom is 0.251 e. The molecule has 3 N–H and O–H groups in total. The third-order valence-electron chi connectivity index (χ3n) is 5.90. The molecule has 2 aliphatic rings. The van der Waals surface area contributed by atoms with E-state index in [1.807, 2.05) is 12.1 Å². The largest absolute Gasteiger partial charge is 0.386 e. The Labute approximate surface area is 193 Å². The monoisotopic (exact) mass is 450 g/mol. The van der Waals surface area contributed by atoms with Gasteiger partial charge in [0.15, 0.2) is 5.79 Å². The van der Waals surface area contributed by atoms with Crippen molar-refractivity contribution in [2.24, 2.45) is 0 Å². The standard InChI is InChI=1S/C26H30N2O5/c1-25(2,31)18-15-19(27-23(29)16-11-7-5-8-12-16)21-22(33-26(3,4)32-21)20(18)28-24(30)17-13-9-6-10-14-17/h5-15,19-22,31H,1-4H3,(H,27,29)(H,28,30)/t19-,20+,21+,22-/m1/s1. The summed E-state index contributed by atoms with van der Waals surface area (Å²) in [6, 6.07) is 16.6. The van der Waals surface area contributed by atoms with Gasteiger partial charge in [0.1, 0.15) is 12.2 Å². The molecule has 174 valence electrons. The lowest BCUT2D eigenvalue weighted by molar-refractivity contribution is -0.148. The summed E-state index contributed by atoms with van der Waals surface area (Å²) < 4.78 is 12.4. The van der Waals surface area contributed by atoms with Gasteiger partial charge in [-0.2, -0.15) is 0 Å². The van der Waals surface area contributed by atoms with Gasteiger partial charge in [-0.25, -0.2) is 0 Å². The maximum absolute atomic E-state index is 13.0. The highest BCUT2D eigenvalue weighted by Crippen LogP contribution is 2.40. The first kappa shape index (κ1) is 23.2. The molecular formula is C26H30N2O5. The number of amides is 2.